The van der Waals surface area contributed by atoms with Crippen LogP contribution in [0.1, 0.15) is 276 Å². The second-order valence-electron chi connectivity index (χ2n) is 29.2. The molecule has 1 N–H and O–H groups in total. The van der Waals surface area contributed by atoms with Gasteiger partial charge in [-0.25, -0.2) is 14.4 Å². The van der Waals surface area contributed by atoms with Gasteiger partial charge in [-0.2, -0.15) is 0 Å². The van der Waals surface area contributed by atoms with Crippen molar-refractivity contribution in [2.75, 3.05) is 55.1 Å². The highest BCUT2D eigenvalue weighted by molar-refractivity contribution is 7.16. The van der Waals surface area contributed by atoms with E-state index in [1.54, 1.807) is 9.80 Å². The van der Waals surface area contributed by atoms with Crippen LogP contribution < -0.4 is 14.7 Å². The smallest absolute Gasteiger partial charge is 0.350 e. The highest BCUT2D eigenvalue weighted by Crippen LogP contribution is 2.46. The molecule has 2 saturated heterocycles. The normalized spacial score (nSPS) is 24.6. The van der Waals surface area contributed by atoms with Crippen molar-refractivity contribution in [3.05, 3.63) is 65.7 Å². The quantitative estimate of drug-likeness (QED) is 0.0999. The number of methoxy groups -OCH3 is 2. The summed E-state index contributed by atoms with van der Waals surface area (Å²) in [5.41, 5.74) is 5.91. The molecule has 9 aliphatic rings. The fourth-order valence-corrected chi connectivity index (χ4v) is 19.7. The van der Waals surface area contributed by atoms with Gasteiger partial charge >= 0.3 is 17.9 Å². The minimum atomic E-state index is -0.965. The van der Waals surface area contributed by atoms with E-state index >= 15 is 0 Å². The third kappa shape index (κ3) is 18.1. The molecule has 5 amide bonds. The number of piperidine rings is 2. The molecule has 0 aromatic carbocycles. The Balaban J connectivity index is 0.000000157. The zero-order valence-electron chi connectivity index (χ0n) is 58.0. The molecule has 3 aromatic heterocycles. The van der Waals surface area contributed by atoms with Gasteiger partial charge in [-0.1, -0.05) is 58.3 Å². The lowest BCUT2D eigenvalue weighted by Gasteiger charge is -2.39. The first-order valence-corrected chi connectivity index (χ1v) is 39.3. The van der Waals surface area contributed by atoms with Gasteiger partial charge in [0.05, 0.1) is 31.3 Å². The molecule has 0 bridgehead atoms. The second-order valence-corrected chi connectivity index (χ2v) is 32.4. The van der Waals surface area contributed by atoms with Crippen LogP contribution in [-0.4, -0.2) is 122 Å². The molecule has 0 spiro atoms. The molecule has 2 aliphatic heterocycles. The maximum atomic E-state index is 14.0. The molecular weight excluding hydrogens is 1270 g/mol. The van der Waals surface area contributed by atoms with Gasteiger partial charge in [-0.3, -0.25) is 24.0 Å². The van der Waals surface area contributed by atoms with Crippen LogP contribution in [-0.2, 0) is 33.4 Å². The number of likely N-dealkylation sites (tertiary alicyclic amines) is 2. The van der Waals surface area contributed by atoms with Gasteiger partial charge in [0.15, 0.2) is 0 Å². The fourth-order valence-electron chi connectivity index (χ4n) is 16.4. The lowest BCUT2D eigenvalue weighted by molar-refractivity contribution is -0.125. The Labute approximate surface area is 582 Å². The highest BCUT2D eigenvalue weighted by atomic mass is 32.1. The summed E-state index contributed by atoms with van der Waals surface area (Å²) >= 11 is 4.28. The Morgan fingerprint density at radius 3 is 1.00 bits per heavy atom. The molecule has 3 aromatic rings. The molecule has 6 fully saturated rings. The van der Waals surface area contributed by atoms with Gasteiger partial charge < -0.3 is 39.1 Å². The fraction of sp³-hybridized carbons (Fsp3) is 0.662. The van der Waals surface area contributed by atoms with E-state index in [0.29, 0.717) is 77.9 Å². The van der Waals surface area contributed by atoms with Crippen LogP contribution in [0.2, 0.25) is 0 Å². The SMILES string of the molecule is CC1CCC(C(=O)N(c2cc(C3=CCCCC3)sc2C(=O)O)C2CCN(C=O)CC2)CC1.COC(=O)c1sc(C2=CCCCC2)cc1N(C(=O)C1CCC(C)CC1)C1CCCCC1.COC(=O)c1sc(C2=CCCCC2)cc1N(C(=O)C1CCC(C)CC1)C1CCN(C=O)CC1. The molecule has 16 nitrogen and oxygen atoms in total. The summed E-state index contributed by atoms with van der Waals surface area (Å²) in [6.45, 7) is 9.25. The van der Waals surface area contributed by atoms with Crippen molar-refractivity contribution in [2.45, 2.75) is 251 Å². The van der Waals surface area contributed by atoms with Gasteiger partial charge in [0.1, 0.15) is 14.6 Å². The van der Waals surface area contributed by atoms with Gasteiger partial charge in [0.25, 0.3) is 0 Å². The average Bonchev–Trinajstić information content (AvgIpc) is 1.55. The highest BCUT2D eigenvalue weighted by Gasteiger charge is 2.41. The van der Waals surface area contributed by atoms with Crippen LogP contribution in [0, 0.1) is 35.5 Å². The molecule has 4 saturated carbocycles. The molecule has 19 heteroatoms. The molecule has 0 unspecified atom stereocenters. The number of aromatic carboxylic acids is 1. The predicted molar refractivity (Wildman–Crippen MR) is 386 cm³/mol. The van der Waals surface area contributed by atoms with E-state index in [-0.39, 0.29) is 70.4 Å². The Hall–Kier alpha value is -5.92. The number of carbonyl (C=O) groups is 8. The Bertz CT molecular complexity index is 3260. The Morgan fingerprint density at radius 2 is 0.719 bits per heavy atom. The summed E-state index contributed by atoms with van der Waals surface area (Å²) in [7, 11) is 2.85. The number of nitrogens with zero attached hydrogens (tertiary/aromatic N) is 5. The van der Waals surface area contributed by atoms with Crippen molar-refractivity contribution in [1.82, 2.24) is 9.80 Å². The summed E-state index contributed by atoms with van der Waals surface area (Å²) < 4.78 is 10.3. The molecule has 0 radical (unpaired) electrons. The van der Waals surface area contributed by atoms with Crippen molar-refractivity contribution in [3.63, 3.8) is 0 Å². The summed E-state index contributed by atoms with van der Waals surface area (Å²) in [4.78, 5) is 116. The minimum absolute atomic E-state index is 0.00644. The first kappa shape index (κ1) is 72.8. The van der Waals surface area contributed by atoms with E-state index < -0.39 is 5.97 Å². The number of thiophene rings is 3. The van der Waals surface area contributed by atoms with Gasteiger partial charge in [-0.15, -0.1) is 34.0 Å². The first-order valence-electron chi connectivity index (χ1n) is 36.8. The minimum Gasteiger partial charge on any atom is -0.477 e. The van der Waals surface area contributed by atoms with E-state index in [1.807, 2.05) is 15.9 Å². The van der Waals surface area contributed by atoms with E-state index in [9.17, 15) is 43.5 Å². The standard InChI is InChI=1S/C26H36N2O4S.C26H37NO3S.C25H34N2O4S/c1-18-8-10-20(11-9-18)25(30)28(21-12-14-27(17-29)15-13-21)22-16-23(19-6-4-3-5-7-19)33-24(22)26(31)32-2;1-18-13-15-20(16-14-18)25(28)27(21-11-7-4-8-12-21)22-17-23(19-9-5-3-6-10-19)31-24(22)26(29)30-2;1-17-7-9-19(10-8-17)24(29)27(20-11-13-26(16-28)14-12-20)21-15-22(32-23(21)25(30)31)18-5-3-2-4-6-18/h6,16-18,20-21H,3-5,7-15H2,1-2H3;9,17-18,20-21H,3-8,10-16H2,1-2H3;5,15-17,19-20H,2-4,6-14H2,1H3,(H,30,31). The lowest BCUT2D eigenvalue weighted by Crippen LogP contribution is -2.50. The number of ether oxygens (including phenoxy) is 2. The number of carboxylic acids is 1. The van der Waals surface area contributed by atoms with Gasteiger partial charge in [-0.05, 0) is 245 Å². The van der Waals surface area contributed by atoms with Crippen LogP contribution >= 0.6 is 34.0 Å². The van der Waals surface area contributed by atoms with E-state index in [0.717, 1.165) is 200 Å². The average molecular weight is 1370 g/mol. The largest absolute Gasteiger partial charge is 0.477 e. The molecule has 0 atom stereocenters. The number of rotatable bonds is 17. The lowest BCUT2D eigenvalue weighted by atomic mass is 9.81. The number of carbonyl (C=O) groups excluding carboxylic acids is 7. The van der Waals surface area contributed by atoms with E-state index in [4.69, 9.17) is 9.47 Å². The Kier molecular flexibility index (Phi) is 26.7. The van der Waals surface area contributed by atoms with Crippen molar-refractivity contribution >= 4 is 116 Å². The van der Waals surface area contributed by atoms with Gasteiger partial charge in [0, 0.05) is 76.7 Å². The summed E-state index contributed by atoms with van der Waals surface area (Å²) in [6.07, 6.45) is 42.2. The summed E-state index contributed by atoms with van der Waals surface area (Å²) in [6, 6.07) is 6.26. The zero-order chi connectivity index (χ0) is 67.8. The summed E-state index contributed by atoms with van der Waals surface area (Å²) in [5.74, 6) is 0.848. The third-order valence-corrected chi connectivity index (χ3v) is 26.0. The van der Waals surface area contributed by atoms with Crippen LogP contribution in [0.25, 0.3) is 16.7 Å². The van der Waals surface area contributed by atoms with Crippen molar-refractivity contribution in [1.29, 1.82) is 0 Å². The maximum Gasteiger partial charge on any atom is 0.350 e. The topological polar surface area (TPSA) is 191 Å². The van der Waals surface area contributed by atoms with Crippen LogP contribution in [0.5, 0.6) is 0 Å². The van der Waals surface area contributed by atoms with E-state index in [2.05, 4.69) is 56.0 Å². The second kappa shape index (κ2) is 35.2. The van der Waals surface area contributed by atoms with Crippen LogP contribution in [0.3, 0.4) is 0 Å². The molecule has 12 rings (SSSR count). The molecule has 96 heavy (non-hydrogen) atoms. The number of allylic oxidation sites excluding steroid dienone is 6. The maximum absolute atomic E-state index is 14.0. The molecule has 7 aliphatic carbocycles. The predicted octanol–water partition coefficient (Wildman–Crippen LogP) is 17.4. The van der Waals surface area contributed by atoms with Crippen LogP contribution in [0.15, 0.2) is 36.4 Å². The van der Waals surface area contributed by atoms with Crippen molar-refractivity contribution in [3.8, 4) is 0 Å². The number of hydrogen-bond donors (Lipinski definition) is 1. The number of amides is 5. The van der Waals surface area contributed by atoms with E-state index in [1.165, 1.54) is 97.1 Å². The summed E-state index contributed by atoms with van der Waals surface area (Å²) in [5, 5.41) is 10.0. The number of anilines is 3. The molecule has 524 valence electrons. The number of hydrogen-bond acceptors (Lipinski definition) is 13. The monoisotopic (exact) mass is 1370 g/mol. The van der Waals surface area contributed by atoms with Gasteiger partial charge in [0.2, 0.25) is 30.5 Å². The van der Waals surface area contributed by atoms with Crippen LogP contribution in [0.4, 0.5) is 17.1 Å². The Morgan fingerprint density at radius 1 is 0.417 bits per heavy atom. The third-order valence-electron chi connectivity index (χ3n) is 22.4. The molecular formula is C77H107N5O11S3. The van der Waals surface area contributed by atoms with Crippen molar-refractivity contribution in [2.24, 2.45) is 35.5 Å². The first-order chi connectivity index (χ1) is 46.6. The zero-order valence-corrected chi connectivity index (χ0v) is 60.4. The number of esters is 2. The number of carboxylic acid groups (broad SMARTS) is 1. The van der Waals surface area contributed by atoms with Crippen molar-refractivity contribution < 1.29 is 52.9 Å². The molecule has 5 heterocycles.